The van der Waals surface area contributed by atoms with Crippen LogP contribution in [0.4, 0.5) is 0 Å². The Balaban J connectivity index is 3.76. The highest BCUT2D eigenvalue weighted by molar-refractivity contribution is 5.67. The van der Waals surface area contributed by atoms with Crippen LogP contribution in [0.25, 0.3) is 0 Å². The van der Waals surface area contributed by atoms with Crippen LogP contribution in [0.15, 0.2) is 0 Å². The van der Waals surface area contributed by atoms with Gasteiger partial charge in [-0.1, -0.05) is 6.92 Å². The van der Waals surface area contributed by atoms with Crippen molar-refractivity contribution in [3.63, 3.8) is 0 Å². The van der Waals surface area contributed by atoms with E-state index in [4.69, 9.17) is 5.11 Å². The normalized spacial score (nSPS) is 15.8. The van der Waals surface area contributed by atoms with Gasteiger partial charge in [-0.15, -0.1) is 0 Å². The van der Waals surface area contributed by atoms with Gasteiger partial charge >= 0.3 is 5.97 Å². The molecule has 13 heavy (non-hydrogen) atoms. The lowest BCUT2D eigenvalue weighted by molar-refractivity contribution is -0.139. The number of rotatable bonds is 6. The highest BCUT2D eigenvalue weighted by Gasteiger charge is 2.14. The van der Waals surface area contributed by atoms with E-state index in [1.807, 2.05) is 18.9 Å². The first-order valence-electron chi connectivity index (χ1n) is 4.57. The van der Waals surface area contributed by atoms with Gasteiger partial charge < -0.3 is 15.1 Å². The molecular formula is C9H19NO3. The molecule has 0 aromatic carbocycles. The molecule has 4 nitrogen and oxygen atoms in total. The summed E-state index contributed by atoms with van der Waals surface area (Å²) < 4.78 is 0. The van der Waals surface area contributed by atoms with Crippen LogP contribution < -0.4 is 0 Å². The topological polar surface area (TPSA) is 60.8 Å². The van der Waals surface area contributed by atoms with Gasteiger partial charge in [0.1, 0.15) is 0 Å². The first-order valence-corrected chi connectivity index (χ1v) is 4.57. The minimum atomic E-state index is -0.954. The number of likely N-dealkylation sites (N-methyl/N-ethyl adjacent to an activating group) is 1. The summed E-state index contributed by atoms with van der Waals surface area (Å²) in [6.07, 6.45) is 0.0494. The smallest absolute Gasteiger partial charge is 0.306 e. The molecule has 0 aliphatic carbocycles. The van der Waals surface area contributed by atoms with E-state index in [0.29, 0.717) is 12.6 Å². The average molecular weight is 189 g/mol. The lowest BCUT2D eigenvalue weighted by atomic mass is 10.2. The van der Waals surface area contributed by atoms with Crippen LogP contribution in [0.3, 0.4) is 0 Å². The van der Waals surface area contributed by atoms with Gasteiger partial charge in [0.2, 0.25) is 0 Å². The van der Waals surface area contributed by atoms with Crippen molar-refractivity contribution < 1.29 is 15.0 Å². The largest absolute Gasteiger partial charge is 0.481 e. The number of carbonyl (C=O) groups is 1. The number of carboxylic acids is 1. The van der Waals surface area contributed by atoms with Crippen molar-refractivity contribution in [2.45, 2.75) is 38.8 Å². The van der Waals surface area contributed by atoms with Gasteiger partial charge in [0.15, 0.2) is 0 Å². The first kappa shape index (κ1) is 12.4. The summed E-state index contributed by atoms with van der Waals surface area (Å²) in [6, 6.07) is 0.378. The quantitative estimate of drug-likeness (QED) is 0.640. The first-order chi connectivity index (χ1) is 5.97. The Kier molecular flexibility index (Phi) is 5.66. The van der Waals surface area contributed by atoms with E-state index < -0.39 is 12.1 Å². The van der Waals surface area contributed by atoms with Gasteiger partial charge in [0, 0.05) is 12.6 Å². The lowest BCUT2D eigenvalue weighted by Crippen LogP contribution is -2.36. The molecule has 0 saturated carbocycles. The lowest BCUT2D eigenvalue weighted by Gasteiger charge is -2.25. The summed E-state index contributed by atoms with van der Waals surface area (Å²) in [5, 5.41) is 17.7. The summed E-state index contributed by atoms with van der Waals surface area (Å²) >= 11 is 0. The molecule has 0 aliphatic heterocycles. The Morgan fingerprint density at radius 2 is 2.08 bits per heavy atom. The van der Waals surface area contributed by atoms with Crippen LogP contribution in [-0.4, -0.2) is 46.8 Å². The van der Waals surface area contributed by atoms with Gasteiger partial charge in [0.05, 0.1) is 12.5 Å². The zero-order valence-electron chi connectivity index (χ0n) is 8.53. The van der Waals surface area contributed by atoms with Crippen molar-refractivity contribution in [2.24, 2.45) is 0 Å². The minimum Gasteiger partial charge on any atom is -0.481 e. The van der Waals surface area contributed by atoms with Gasteiger partial charge in [-0.05, 0) is 20.4 Å². The number of hydrogen-bond donors (Lipinski definition) is 2. The maximum absolute atomic E-state index is 10.3. The fourth-order valence-electron chi connectivity index (χ4n) is 1.09. The van der Waals surface area contributed by atoms with Crippen molar-refractivity contribution in [2.75, 3.05) is 13.6 Å². The number of aliphatic hydroxyl groups excluding tert-OH is 1. The zero-order valence-corrected chi connectivity index (χ0v) is 8.53. The molecule has 2 unspecified atom stereocenters. The summed E-state index contributed by atoms with van der Waals surface area (Å²) in [6.45, 7) is 4.53. The minimum absolute atomic E-state index is 0.180. The molecule has 0 heterocycles. The fourth-order valence-corrected chi connectivity index (χ4v) is 1.09. The third-order valence-corrected chi connectivity index (χ3v) is 2.25. The van der Waals surface area contributed by atoms with E-state index in [-0.39, 0.29) is 6.42 Å². The van der Waals surface area contributed by atoms with E-state index in [1.165, 1.54) is 0 Å². The van der Waals surface area contributed by atoms with Crippen molar-refractivity contribution in [3.05, 3.63) is 0 Å². The standard InChI is InChI=1S/C9H19NO3/c1-4-7(2)10(3)6-8(11)5-9(12)13/h7-8,11H,4-6H2,1-3H3,(H,12,13). The summed E-state index contributed by atoms with van der Waals surface area (Å²) in [4.78, 5) is 12.2. The van der Waals surface area contributed by atoms with Crippen LogP contribution in [0.1, 0.15) is 26.7 Å². The Bertz CT molecular complexity index is 161. The third-order valence-electron chi connectivity index (χ3n) is 2.25. The molecule has 0 spiro atoms. The Labute approximate surface area is 79.2 Å². The van der Waals surface area contributed by atoms with Gasteiger partial charge in [-0.3, -0.25) is 4.79 Å². The Hall–Kier alpha value is -0.610. The number of nitrogens with zero attached hydrogens (tertiary/aromatic N) is 1. The van der Waals surface area contributed by atoms with Crippen molar-refractivity contribution in [3.8, 4) is 0 Å². The number of hydrogen-bond acceptors (Lipinski definition) is 3. The molecule has 0 fully saturated rings. The van der Waals surface area contributed by atoms with E-state index in [9.17, 15) is 9.90 Å². The SMILES string of the molecule is CCC(C)N(C)CC(O)CC(=O)O. The number of aliphatic carboxylic acids is 1. The molecule has 0 bridgehead atoms. The molecule has 2 N–H and O–H groups in total. The summed E-state index contributed by atoms with van der Waals surface area (Å²) in [5.74, 6) is -0.954. The molecule has 0 radical (unpaired) electrons. The van der Waals surface area contributed by atoms with Gasteiger partial charge in [0.25, 0.3) is 0 Å². The molecule has 0 rings (SSSR count). The van der Waals surface area contributed by atoms with E-state index in [1.54, 1.807) is 0 Å². The molecule has 0 amide bonds. The monoisotopic (exact) mass is 189 g/mol. The van der Waals surface area contributed by atoms with Crippen LogP contribution >= 0.6 is 0 Å². The molecule has 0 aromatic rings. The molecule has 78 valence electrons. The maximum atomic E-state index is 10.3. The van der Waals surface area contributed by atoms with Crippen LogP contribution in [0.2, 0.25) is 0 Å². The van der Waals surface area contributed by atoms with Crippen LogP contribution in [0, 0.1) is 0 Å². The number of carboxylic acid groups (broad SMARTS) is 1. The summed E-state index contributed by atoms with van der Waals surface area (Å²) in [5.41, 5.74) is 0. The second kappa shape index (κ2) is 5.94. The second-order valence-electron chi connectivity index (χ2n) is 3.45. The van der Waals surface area contributed by atoms with E-state index >= 15 is 0 Å². The molecule has 0 aromatic heterocycles. The Morgan fingerprint density at radius 1 is 1.54 bits per heavy atom. The summed E-state index contributed by atoms with van der Waals surface area (Å²) in [7, 11) is 1.89. The van der Waals surface area contributed by atoms with Crippen molar-refractivity contribution in [1.29, 1.82) is 0 Å². The van der Waals surface area contributed by atoms with E-state index in [2.05, 4.69) is 6.92 Å². The predicted octanol–water partition coefficient (Wildman–Crippen LogP) is 0.552. The van der Waals surface area contributed by atoms with Crippen molar-refractivity contribution >= 4 is 5.97 Å². The zero-order chi connectivity index (χ0) is 10.4. The highest BCUT2D eigenvalue weighted by Crippen LogP contribution is 2.02. The second-order valence-corrected chi connectivity index (χ2v) is 3.45. The highest BCUT2D eigenvalue weighted by atomic mass is 16.4. The molecular weight excluding hydrogens is 170 g/mol. The van der Waals surface area contributed by atoms with Crippen molar-refractivity contribution in [1.82, 2.24) is 4.90 Å². The third kappa shape index (κ3) is 5.60. The van der Waals surface area contributed by atoms with Gasteiger partial charge in [-0.2, -0.15) is 0 Å². The number of aliphatic hydroxyl groups is 1. The van der Waals surface area contributed by atoms with E-state index in [0.717, 1.165) is 6.42 Å². The molecule has 2 atom stereocenters. The molecule has 0 aliphatic rings. The van der Waals surface area contributed by atoms with Gasteiger partial charge in [-0.25, -0.2) is 0 Å². The fraction of sp³-hybridized carbons (Fsp3) is 0.889. The maximum Gasteiger partial charge on any atom is 0.306 e. The Morgan fingerprint density at radius 3 is 2.46 bits per heavy atom. The van der Waals surface area contributed by atoms with Crippen LogP contribution in [-0.2, 0) is 4.79 Å². The molecule has 0 saturated heterocycles. The van der Waals surface area contributed by atoms with Crippen LogP contribution in [0.5, 0.6) is 0 Å². The molecule has 4 heteroatoms. The average Bonchev–Trinajstić information content (AvgIpc) is 2.01. The predicted molar refractivity (Wildman–Crippen MR) is 50.6 cm³/mol.